The van der Waals surface area contributed by atoms with Gasteiger partial charge in [0.1, 0.15) is 0 Å². The number of hydrogen-bond donors (Lipinski definition) is 2. The summed E-state index contributed by atoms with van der Waals surface area (Å²) in [5, 5.41) is 3.01. The molecule has 0 aromatic heterocycles. The highest BCUT2D eigenvalue weighted by Gasteiger charge is 2.15. The molecule has 15 heavy (non-hydrogen) atoms. The molecule has 0 aliphatic carbocycles. The molecule has 0 spiro atoms. The maximum atomic E-state index is 11.5. The number of carbonyl (C=O) groups is 1. The summed E-state index contributed by atoms with van der Waals surface area (Å²) < 4.78 is 0. The number of rotatable bonds is 5. The fraction of sp³-hybridized carbons (Fsp3) is 0.909. The first-order valence-electron chi connectivity index (χ1n) is 5.77. The topological polar surface area (TPSA) is 55.1 Å². The van der Waals surface area contributed by atoms with Crippen LogP contribution < -0.4 is 11.1 Å². The van der Waals surface area contributed by atoms with Gasteiger partial charge in [-0.05, 0) is 42.7 Å². The van der Waals surface area contributed by atoms with E-state index in [0.29, 0.717) is 24.8 Å². The normalized spacial score (nSPS) is 19.9. The Hall–Kier alpha value is -0.220. The van der Waals surface area contributed by atoms with Crippen LogP contribution in [0.25, 0.3) is 0 Å². The minimum Gasteiger partial charge on any atom is -0.356 e. The molecule has 1 aliphatic rings. The van der Waals surface area contributed by atoms with Crippen LogP contribution in [0.5, 0.6) is 0 Å². The zero-order valence-electron chi connectivity index (χ0n) is 9.50. The Morgan fingerprint density at radius 3 is 2.80 bits per heavy atom. The van der Waals surface area contributed by atoms with Crippen LogP contribution in [0.1, 0.15) is 26.2 Å². The van der Waals surface area contributed by atoms with Gasteiger partial charge in [0.2, 0.25) is 5.91 Å². The lowest BCUT2D eigenvalue weighted by Gasteiger charge is -2.21. The Bertz CT molecular complexity index is 193. The summed E-state index contributed by atoms with van der Waals surface area (Å²) in [5.74, 6) is 3.65. The summed E-state index contributed by atoms with van der Waals surface area (Å²) in [6, 6.07) is 0. The Morgan fingerprint density at radius 1 is 1.53 bits per heavy atom. The van der Waals surface area contributed by atoms with Gasteiger partial charge in [0, 0.05) is 13.0 Å². The van der Waals surface area contributed by atoms with Crippen molar-refractivity contribution in [3.05, 3.63) is 0 Å². The minimum absolute atomic E-state index is 0.158. The molecule has 0 aromatic carbocycles. The standard InChI is InChI=1S/C11H22N2OS/c1-9(7-12)6-11(14)13-8-10-2-4-15-5-3-10/h9-10H,2-8,12H2,1H3,(H,13,14). The number of hydrogen-bond acceptors (Lipinski definition) is 3. The molecule has 1 unspecified atom stereocenters. The van der Waals surface area contributed by atoms with E-state index in [4.69, 9.17) is 5.73 Å². The molecule has 0 bridgehead atoms. The molecule has 1 amide bonds. The molecule has 1 fully saturated rings. The molecule has 0 aromatic rings. The summed E-state index contributed by atoms with van der Waals surface area (Å²) >= 11 is 2.02. The van der Waals surface area contributed by atoms with E-state index < -0.39 is 0 Å². The predicted octanol–water partition coefficient (Wildman–Crippen LogP) is 1.23. The monoisotopic (exact) mass is 230 g/mol. The molecular formula is C11H22N2OS. The lowest BCUT2D eigenvalue weighted by atomic mass is 10.0. The smallest absolute Gasteiger partial charge is 0.220 e. The van der Waals surface area contributed by atoms with Crippen molar-refractivity contribution in [2.24, 2.45) is 17.6 Å². The molecule has 1 rings (SSSR count). The van der Waals surface area contributed by atoms with Crippen molar-refractivity contribution in [3.63, 3.8) is 0 Å². The van der Waals surface area contributed by atoms with Crippen molar-refractivity contribution in [3.8, 4) is 0 Å². The number of carbonyl (C=O) groups excluding carboxylic acids is 1. The van der Waals surface area contributed by atoms with E-state index >= 15 is 0 Å². The van der Waals surface area contributed by atoms with Gasteiger partial charge < -0.3 is 11.1 Å². The van der Waals surface area contributed by atoms with Gasteiger partial charge in [-0.1, -0.05) is 6.92 Å². The highest BCUT2D eigenvalue weighted by Crippen LogP contribution is 2.21. The van der Waals surface area contributed by atoms with Crippen LogP contribution >= 0.6 is 11.8 Å². The van der Waals surface area contributed by atoms with Crippen LogP contribution in [0.2, 0.25) is 0 Å². The molecule has 1 aliphatic heterocycles. The molecule has 1 atom stereocenters. The van der Waals surface area contributed by atoms with Gasteiger partial charge in [-0.2, -0.15) is 11.8 Å². The van der Waals surface area contributed by atoms with E-state index in [1.54, 1.807) is 0 Å². The largest absolute Gasteiger partial charge is 0.356 e. The fourth-order valence-corrected chi connectivity index (χ4v) is 2.88. The average Bonchev–Trinajstić information content (AvgIpc) is 2.27. The Labute approximate surface area is 96.6 Å². The van der Waals surface area contributed by atoms with Crippen molar-refractivity contribution < 1.29 is 4.79 Å². The highest BCUT2D eigenvalue weighted by molar-refractivity contribution is 7.99. The third-order valence-corrected chi connectivity index (χ3v) is 3.91. The first-order valence-corrected chi connectivity index (χ1v) is 6.92. The van der Waals surface area contributed by atoms with Gasteiger partial charge in [0.15, 0.2) is 0 Å². The molecule has 88 valence electrons. The Balaban J connectivity index is 2.10. The fourth-order valence-electron chi connectivity index (χ4n) is 1.68. The maximum Gasteiger partial charge on any atom is 0.220 e. The number of nitrogens with one attached hydrogen (secondary N) is 1. The zero-order chi connectivity index (χ0) is 11.1. The minimum atomic E-state index is 0.158. The maximum absolute atomic E-state index is 11.5. The molecule has 3 nitrogen and oxygen atoms in total. The third-order valence-electron chi connectivity index (χ3n) is 2.87. The van der Waals surface area contributed by atoms with E-state index in [0.717, 1.165) is 6.54 Å². The Kier molecular flexibility index (Phi) is 6.10. The summed E-state index contributed by atoms with van der Waals surface area (Å²) in [6.07, 6.45) is 3.06. The third kappa shape index (κ3) is 5.42. The highest BCUT2D eigenvalue weighted by atomic mass is 32.2. The van der Waals surface area contributed by atoms with Crippen LogP contribution in [0.4, 0.5) is 0 Å². The summed E-state index contributed by atoms with van der Waals surface area (Å²) in [7, 11) is 0. The lowest BCUT2D eigenvalue weighted by molar-refractivity contribution is -0.122. The number of amides is 1. The second-order valence-corrected chi connectivity index (χ2v) is 5.63. The van der Waals surface area contributed by atoms with Crippen LogP contribution in [-0.2, 0) is 4.79 Å². The van der Waals surface area contributed by atoms with E-state index in [-0.39, 0.29) is 5.91 Å². The first-order chi connectivity index (χ1) is 7.22. The first kappa shape index (κ1) is 12.8. The molecule has 1 heterocycles. The number of nitrogens with two attached hydrogens (primary N) is 1. The molecule has 1 saturated heterocycles. The second-order valence-electron chi connectivity index (χ2n) is 4.40. The quantitative estimate of drug-likeness (QED) is 0.747. The van der Waals surface area contributed by atoms with Gasteiger partial charge in [-0.3, -0.25) is 4.79 Å². The molecule has 0 radical (unpaired) electrons. The van der Waals surface area contributed by atoms with Crippen molar-refractivity contribution >= 4 is 17.7 Å². The van der Waals surface area contributed by atoms with Crippen molar-refractivity contribution in [2.45, 2.75) is 26.2 Å². The summed E-state index contributed by atoms with van der Waals surface area (Å²) in [6.45, 7) is 3.46. The van der Waals surface area contributed by atoms with Gasteiger partial charge in [-0.15, -0.1) is 0 Å². The van der Waals surface area contributed by atoms with E-state index in [1.807, 2.05) is 18.7 Å². The van der Waals surface area contributed by atoms with E-state index in [9.17, 15) is 4.79 Å². The van der Waals surface area contributed by atoms with Crippen LogP contribution in [0, 0.1) is 11.8 Å². The van der Waals surface area contributed by atoms with Gasteiger partial charge in [-0.25, -0.2) is 0 Å². The van der Waals surface area contributed by atoms with Crippen molar-refractivity contribution in [1.82, 2.24) is 5.32 Å². The average molecular weight is 230 g/mol. The SMILES string of the molecule is CC(CN)CC(=O)NCC1CCSCC1. The van der Waals surface area contributed by atoms with Crippen molar-refractivity contribution in [1.29, 1.82) is 0 Å². The van der Waals surface area contributed by atoms with Gasteiger partial charge in [0.05, 0.1) is 0 Å². The molecule has 4 heteroatoms. The second kappa shape index (κ2) is 7.12. The number of thioether (sulfide) groups is 1. The van der Waals surface area contributed by atoms with Crippen LogP contribution in [0.15, 0.2) is 0 Å². The zero-order valence-corrected chi connectivity index (χ0v) is 10.3. The van der Waals surface area contributed by atoms with E-state index in [2.05, 4.69) is 5.32 Å². The van der Waals surface area contributed by atoms with Gasteiger partial charge >= 0.3 is 0 Å². The van der Waals surface area contributed by atoms with E-state index in [1.165, 1.54) is 24.3 Å². The molecule has 0 saturated carbocycles. The molecular weight excluding hydrogens is 208 g/mol. The summed E-state index contributed by atoms with van der Waals surface area (Å²) in [4.78, 5) is 11.5. The van der Waals surface area contributed by atoms with Crippen molar-refractivity contribution in [2.75, 3.05) is 24.6 Å². The predicted molar refractivity (Wildman–Crippen MR) is 65.9 cm³/mol. The molecule has 3 N–H and O–H groups in total. The van der Waals surface area contributed by atoms with Crippen LogP contribution in [-0.4, -0.2) is 30.5 Å². The van der Waals surface area contributed by atoms with Gasteiger partial charge in [0.25, 0.3) is 0 Å². The van der Waals surface area contributed by atoms with Crippen LogP contribution in [0.3, 0.4) is 0 Å². The lowest BCUT2D eigenvalue weighted by Crippen LogP contribution is -2.32. The summed E-state index contributed by atoms with van der Waals surface area (Å²) in [5.41, 5.74) is 5.48. The Morgan fingerprint density at radius 2 is 2.20 bits per heavy atom.